The number of morpholine rings is 1. The predicted octanol–water partition coefficient (Wildman–Crippen LogP) is 0.188. The highest BCUT2D eigenvalue weighted by Gasteiger charge is 2.19. The van der Waals surface area contributed by atoms with Crippen LogP contribution in [0.3, 0.4) is 0 Å². The first-order chi connectivity index (χ1) is 7.92. The van der Waals surface area contributed by atoms with Crippen molar-refractivity contribution >= 4 is 30.4 Å². The molecule has 0 bridgehead atoms. The second-order valence-corrected chi connectivity index (χ2v) is 4.09. The summed E-state index contributed by atoms with van der Waals surface area (Å²) in [5.74, 6) is 1.43. The van der Waals surface area contributed by atoms with Gasteiger partial charge >= 0.3 is 0 Å². The summed E-state index contributed by atoms with van der Waals surface area (Å²) in [4.78, 5) is 2.14. The number of aromatic nitrogens is 2. The number of ether oxygens (including phenoxy) is 2. The number of hydrogen-bond acceptors (Lipinski definition) is 8. The molecule has 6 nitrogen and oxygen atoms in total. The van der Waals surface area contributed by atoms with E-state index in [9.17, 15) is 0 Å². The van der Waals surface area contributed by atoms with Gasteiger partial charge in [0, 0.05) is 19.6 Å². The van der Waals surface area contributed by atoms with Crippen molar-refractivity contribution in [3.63, 3.8) is 0 Å². The van der Waals surface area contributed by atoms with E-state index in [-0.39, 0.29) is 0 Å². The van der Waals surface area contributed by atoms with Crippen LogP contribution in [-0.4, -0.2) is 48.2 Å². The van der Waals surface area contributed by atoms with Gasteiger partial charge in [0.25, 0.3) is 5.88 Å². The van der Waals surface area contributed by atoms with E-state index in [0.29, 0.717) is 19.0 Å². The minimum absolute atomic E-state index is 0.534. The van der Waals surface area contributed by atoms with Crippen LogP contribution in [-0.2, 0) is 4.74 Å². The third-order valence-electron chi connectivity index (χ3n) is 2.21. The van der Waals surface area contributed by atoms with Gasteiger partial charge < -0.3 is 14.4 Å². The lowest BCUT2D eigenvalue weighted by Crippen LogP contribution is -2.36. The van der Waals surface area contributed by atoms with Gasteiger partial charge in [0.1, 0.15) is 6.61 Å². The number of rotatable bonds is 5. The van der Waals surface area contributed by atoms with Crippen LogP contribution in [0.15, 0.2) is 0 Å². The Morgan fingerprint density at radius 1 is 1.44 bits per heavy atom. The van der Waals surface area contributed by atoms with Crippen molar-refractivity contribution in [3.8, 4) is 5.88 Å². The van der Waals surface area contributed by atoms with Crippen molar-refractivity contribution < 1.29 is 9.47 Å². The van der Waals surface area contributed by atoms with Crippen molar-refractivity contribution in [2.75, 3.05) is 44.4 Å². The Morgan fingerprint density at radius 2 is 2.25 bits per heavy atom. The fourth-order valence-electron chi connectivity index (χ4n) is 1.43. The molecular formula is C8H14N4O2S2. The van der Waals surface area contributed by atoms with E-state index in [4.69, 9.17) is 9.47 Å². The third-order valence-corrected chi connectivity index (χ3v) is 2.93. The van der Waals surface area contributed by atoms with Crippen LogP contribution in [0.5, 0.6) is 5.88 Å². The molecule has 0 amide bonds. The number of thiol groups is 1. The molecule has 0 unspecified atom stereocenters. The number of nitrogens with zero attached hydrogens (tertiary/aromatic N) is 3. The molecule has 0 radical (unpaired) electrons. The molecule has 16 heavy (non-hydrogen) atoms. The molecule has 1 N–H and O–H groups in total. The molecule has 0 spiro atoms. The summed E-state index contributed by atoms with van der Waals surface area (Å²) < 4.78 is 21.9. The lowest BCUT2D eigenvalue weighted by atomic mass is 10.4. The summed E-state index contributed by atoms with van der Waals surface area (Å²) >= 11 is 5.06. The average Bonchev–Trinajstić information content (AvgIpc) is 2.79. The Balaban J connectivity index is 1.94. The first kappa shape index (κ1) is 11.9. The molecule has 0 saturated carbocycles. The average molecular weight is 262 g/mol. The monoisotopic (exact) mass is 262 g/mol. The minimum Gasteiger partial charge on any atom is -0.473 e. The van der Waals surface area contributed by atoms with Crippen molar-refractivity contribution in [1.29, 1.82) is 0 Å². The van der Waals surface area contributed by atoms with E-state index in [1.165, 1.54) is 11.7 Å². The molecule has 1 aromatic rings. The first-order valence-electron chi connectivity index (χ1n) is 5.07. The molecule has 1 saturated heterocycles. The largest absolute Gasteiger partial charge is 0.473 e. The molecule has 2 rings (SSSR count). The maximum atomic E-state index is 5.51. The van der Waals surface area contributed by atoms with Gasteiger partial charge in [-0.15, -0.1) is 4.37 Å². The highest BCUT2D eigenvalue weighted by atomic mass is 32.1. The SMILES string of the molecule is SNCCOc1nsnc1N1CCOCC1. The molecule has 0 aromatic carbocycles. The molecule has 0 atom stereocenters. The molecule has 2 heterocycles. The van der Waals surface area contributed by atoms with Crippen LogP contribution in [0.2, 0.25) is 0 Å². The Kier molecular flexibility index (Phi) is 4.64. The fraction of sp³-hybridized carbons (Fsp3) is 0.750. The highest BCUT2D eigenvalue weighted by Crippen LogP contribution is 2.25. The normalized spacial score (nSPS) is 16.4. The Morgan fingerprint density at radius 3 is 3.00 bits per heavy atom. The van der Waals surface area contributed by atoms with Gasteiger partial charge in [-0.05, 0) is 0 Å². The van der Waals surface area contributed by atoms with Gasteiger partial charge in [0.05, 0.1) is 24.9 Å². The van der Waals surface area contributed by atoms with Gasteiger partial charge in [-0.25, -0.2) is 0 Å². The summed E-state index contributed by atoms with van der Waals surface area (Å²) in [7, 11) is 0. The van der Waals surface area contributed by atoms with E-state index >= 15 is 0 Å². The summed E-state index contributed by atoms with van der Waals surface area (Å²) in [6.45, 7) is 4.35. The Labute approximate surface area is 104 Å². The van der Waals surface area contributed by atoms with E-state index < -0.39 is 0 Å². The highest BCUT2D eigenvalue weighted by molar-refractivity contribution is 7.78. The quantitative estimate of drug-likeness (QED) is 0.583. The van der Waals surface area contributed by atoms with Crippen LogP contribution >= 0.6 is 24.5 Å². The zero-order chi connectivity index (χ0) is 11.2. The topological polar surface area (TPSA) is 59.5 Å². The van der Waals surface area contributed by atoms with Crippen LogP contribution < -0.4 is 14.4 Å². The summed E-state index contributed by atoms with van der Waals surface area (Å²) in [5, 5.41) is 0. The molecule has 1 aliphatic heterocycles. The number of nitrogens with one attached hydrogen (secondary N) is 1. The van der Waals surface area contributed by atoms with Crippen LogP contribution in [0.25, 0.3) is 0 Å². The summed E-state index contributed by atoms with van der Waals surface area (Å²) in [6, 6.07) is 0. The molecule has 8 heteroatoms. The second-order valence-electron chi connectivity index (χ2n) is 3.25. The standard InChI is InChI=1S/C8H14N4O2S2/c15-9-1-4-14-8-7(10-16-11-8)12-2-5-13-6-3-12/h9,15H,1-6H2. The summed E-state index contributed by atoms with van der Waals surface area (Å²) in [5.41, 5.74) is 0. The van der Waals surface area contributed by atoms with E-state index in [1.807, 2.05) is 0 Å². The van der Waals surface area contributed by atoms with Crippen molar-refractivity contribution in [3.05, 3.63) is 0 Å². The van der Waals surface area contributed by atoms with E-state index in [1.54, 1.807) is 0 Å². The molecule has 0 aliphatic carbocycles. The predicted molar refractivity (Wildman–Crippen MR) is 65.4 cm³/mol. The zero-order valence-electron chi connectivity index (χ0n) is 8.76. The van der Waals surface area contributed by atoms with Crippen LogP contribution in [0.4, 0.5) is 5.82 Å². The maximum absolute atomic E-state index is 5.51. The molecule has 90 valence electrons. The van der Waals surface area contributed by atoms with Crippen molar-refractivity contribution in [1.82, 2.24) is 13.5 Å². The van der Waals surface area contributed by atoms with E-state index in [0.717, 1.165) is 32.1 Å². The van der Waals surface area contributed by atoms with Crippen LogP contribution in [0.1, 0.15) is 0 Å². The second kappa shape index (κ2) is 6.24. The minimum atomic E-state index is 0.534. The third kappa shape index (κ3) is 2.97. The van der Waals surface area contributed by atoms with Gasteiger partial charge in [0.2, 0.25) is 5.82 Å². The lowest BCUT2D eigenvalue weighted by molar-refractivity contribution is 0.122. The molecular weight excluding hydrogens is 248 g/mol. The Hall–Kier alpha value is -0.570. The fourth-order valence-corrected chi connectivity index (χ4v) is 2.04. The first-order valence-corrected chi connectivity index (χ1v) is 6.24. The van der Waals surface area contributed by atoms with E-state index in [2.05, 4.69) is 31.2 Å². The molecule has 1 fully saturated rings. The van der Waals surface area contributed by atoms with Crippen LogP contribution in [0, 0.1) is 0 Å². The van der Waals surface area contributed by atoms with Gasteiger partial charge in [0.15, 0.2) is 0 Å². The molecule has 1 aromatic heterocycles. The lowest BCUT2D eigenvalue weighted by Gasteiger charge is -2.26. The Bertz CT molecular complexity index is 317. The van der Waals surface area contributed by atoms with Gasteiger partial charge in [-0.3, -0.25) is 4.72 Å². The van der Waals surface area contributed by atoms with Crippen molar-refractivity contribution in [2.45, 2.75) is 0 Å². The van der Waals surface area contributed by atoms with Gasteiger partial charge in [-0.1, -0.05) is 12.8 Å². The number of hydrogen-bond donors (Lipinski definition) is 2. The molecule has 1 aliphatic rings. The number of anilines is 1. The maximum Gasteiger partial charge on any atom is 0.270 e. The summed E-state index contributed by atoms with van der Waals surface area (Å²) in [6.07, 6.45) is 0. The zero-order valence-corrected chi connectivity index (χ0v) is 10.5. The van der Waals surface area contributed by atoms with Gasteiger partial charge in [-0.2, -0.15) is 4.37 Å². The smallest absolute Gasteiger partial charge is 0.270 e. The van der Waals surface area contributed by atoms with Crippen molar-refractivity contribution in [2.24, 2.45) is 0 Å².